The minimum absolute atomic E-state index is 0.0335. The van der Waals surface area contributed by atoms with E-state index in [0.717, 1.165) is 5.56 Å². The van der Waals surface area contributed by atoms with Crippen LogP contribution < -0.4 is 87.2 Å². The lowest BCUT2D eigenvalue weighted by Crippen LogP contribution is -2.61. The molecule has 1 heterocycles. The molecular formula is C57H87N17O13. The van der Waals surface area contributed by atoms with Gasteiger partial charge in [-0.1, -0.05) is 74.5 Å². The van der Waals surface area contributed by atoms with Crippen molar-refractivity contribution in [3.63, 3.8) is 0 Å². The van der Waals surface area contributed by atoms with Gasteiger partial charge in [0.2, 0.25) is 59.1 Å². The van der Waals surface area contributed by atoms with E-state index >= 15 is 0 Å². The number of aromatic nitrogens is 1. The SMILES string of the molecule is CCNC(=O)C(NC(=O)C(CCN)NC(=O)C(CCN)NC(=O)C(CC(C)C)NC(=O)C(Cc1ccccc1)NC(=O)C(CCN)NC(=O)CNC(=O)C(CN)NC(=O)C(CO)NC(=O)C(CCN)NC(=O)c1ccnc(-c2ccccc2)c1)C(C)O. The number of nitrogens with zero attached hydrogens (tertiary/aromatic N) is 1. The maximum absolute atomic E-state index is 14.3. The molecule has 10 atom stereocenters. The Bertz CT molecular complexity index is 2740. The molecule has 0 aliphatic carbocycles. The van der Waals surface area contributed by atoms with E-state index in [9.17, 15) is 63.0 Å². The molecule has 30 heteroatoms. The van der Waals surface area contributed by atoms with Gasteiger partial charge in [-0.15, -0.1) is 0 Å². The first-order valence-corrected chi connectivity index (χ1v) is 28.7. The number of benzene rings is 2. The number of hydrogen-bond donors (Lipinski definition) is 18. The van der Waals surface area contributed by atoms with Crippen LogP contribution in [0, 0.1) is 5.92 Å². The van der Waals surface area contributed by atoms with Gasteiger partial charge in [0.05, 0.1) is 24.9 Å². The Morgan fingerprint density at radius 1 is 0.494 bits per heavy atom. The van der Waals surface area contributed by atoms with E-state index in [2.05, 4.69) is 63.5 Å². The summed E-state index contributed by atoms with van der Waals surface area (Å²) in [7, 11) is 0. The summed E-state index contributed by atoms with van der Waals surface area (Å²) < 4.78 is 0. The molecule has 0 radical (unpaired) electrons. The number of carbonyl (C=O) groups excluding carboxylic acids is 11. The van der Waals surface area contributed by atoms with Crippen LogP contribution in [0.4, 0.5) is 0 Å². The van der Waals surface area contributed by atoms with Crippen LogP contribution in [0.1, 0.15) is 75.7 Å². The Morgan fingerprint density at radius 3 is 1.45 bits per heavy atom. The third kappa shape index (κ3) is 24.8. The lowest BCUT2D eigenvalue weighted by Gasteiger charge is -2.28. The molecule has 87 heavy (non-hydrogen) atoms. The Kier molecular flexibility index (Phi) is 32.2. The molecule has 11 amide bonds. The first kappa shape index (κ1) is 72.7. The Morgan fingerprint density at radius 2 is 0.943 bits per heavy atom. The van der Waals surface area contributed by atoms with Crippen LogP contribution in [0.15, 0.2) is 79.0 Å². The fourth-order valence-electron chi connectivity index (χ4n) is 8.62. The summed E-state index contributed by atoms with van der Waals surface area (Å²) in [6, 6.07) is 7.99. The molecule has 0 spiro atoms. The topological polar surface area (TPSA) is 504 Å². The maximum atomic E-state index is 14.3. The summed E-state index contributed by atoms with van der Waals surface area (Å²) in [5.41, 5.74) is 31.0. The van der Waals surface area contributed by atoms with Gasteiger partial charge in [-0.25, -0.2) is 0 Å². The second-order valence-electron chi connectivity index (χ2n) is 20.7. The largest absolute Gasteiger partial charge is 0.394 e. The van der Waals surface area contributed by atoms with Gasteiger partial charge in [-0.2, -0.15) is 0 Å². The van der Waals surface area contributed by atoms with Gasteiger partial charge >= 0.3 is 0 Å². The van der Waals surface area contributed by atoms with Gasteiger partial charge in [0, 0.05) is 36.8 Å². The zero-order valence-corrected chi connectivity index (χ0v) is 49.5. The number of nitrogens with two attached hydrogens (primary N) is 5. The average molecular weight is 1220 g/mol. The molecule has 10 unspecified atom stereocenters. The molecule has 0 aliphatic rings. The number of aliphatic hydroxyl groups excluding tert-OH is 2. The van der Waals surface area contributed by atoms with Gasteiger partial charge in [-0.05, 0) is 95.7 Å². The quantitative estimate of drug-likeness (QED) is 0.0254. The van der Waals surface area contributed by atoms with Gasteiger partial charge < -0.3 is 97.4 Å². The number of aliphatic hydroxyl groups is 2. The summed E-state index contributed by atoms with van der Waals surface area (Å²) in [6.07, 6.45) is -0.413. The molecule has 1 aromatic heterocycles. The molecule has 23 N–H and O–H groups in total. The second-order valence-corrected chi connectivity index (χ2v) is 20.7. The van der Waals surface area contributed by atoms with Crippen molar-refractivity contribution in [2.75, 3.05) is 52.4 Å². The molecule has 0 aliphatic heterocycles. The number of rotatable bonds is 38. The molecule has 478 valence electrons. The highest BCUT2D eigenvalue weighted by atomic mass is 16.3. The zero-order chi connectivity index (χ0) is 64.6. The number of pyridine rings is 1. The molecule has 0 saturated heterocycles. The fourth-order valence-corrected chi connectivity index (χ4v) is 8.62. The second kappa shape index (κ2) is 38.5. The van der Waals surface area contributed by atoms with Crippen LogP contribution in [-0.4, -0.2) is 193 Å². The predicted octanol–water partition coefficient (Wildman–Crippen LogP) is -6.01. The van der Waals surface area contributed by atoms with Gasteiger partial charge in [0.15, 0.2) is 0 Å². The van der Waals surface area contributed by atoms with Crippen molar-refractivity contribution in [2.45, 2.75) is 127 Å². The highest BCUT2D eigenvalue weighted by Gasteiger charge is 2.35. The molecule has 3 rings (SSSR count). The van der Waals surface area contributed by atoms with Gasteiger partial charge in [0.1, 0.15) is 54.4 Å². The number of likely N-dealkylation sites (N-methyl/N-ethyl adjacent to an activating group) is 1. The van der Waals surface area contributed by atoms with Crippen LogP contribution in [-0.2, 0) is 54.4 Å². The monoisotopic (exact) mass is 1220 g/mol. The highest BCUT2D eigenvalue weighted by Crippen LogP contribution is 2.18. The van der Waals surface area contributed by atoms with E-state index in [-0.39, 0.29) is 82.7 Å². The predicted molar refractivity (Wildman–Crippen MR) is 320 cm³/mol. The van der Waals surface area contributed by atoms with E-state index in [1.165, 1.54) is 25.3 Å². The maximum Gasteiger partial charge on any atom is 0.252 e. The van der Waals surface area contributed by atoms with Crippen molar-refractivity contribution >= 4 is 65.0 Å². The standard InChI is InChI=1S/C57H87N17O13/c1-5-63-57(87)47(33(4)76)74-53(83)40(19-24-61)68-51(81)39(18-23-60)69-54(84)42(26-32(2)3)70-55(85)43(27-34-12-8-6-9-13-34)71-50(80)37(16-21-58)66-46(77)30-65-49(79)44(29-62)72-56(86)45(31-75)73-52(82)38(17-22-59)67-48(78)36-20-25-64-41(28-36)35-14-10-7-11-15-35/h6-15,20,25,28,32-33,37-40,42-45,47,75-76H,5,16-19,21-24,26-27,29-31,58-62H2,1-4H3,(H,63,87)(H,65,79)(H,66,77)(H,67,78)(H,68,81)(H,69,84)(H,70,85)(H,71,80)(H,72,86)(H,73,82)(H,74,83). The molecule has 0 saturated carbocycles. The summed E-state index contributed by atoms with van der Waals surface area (Å²) in [6.45, 7) is 4.08. The van der Waals surface area contributed by atoms with Crippen LogP contribution in [0.3, 0.4) is 0 Å². The van der Waals surface area contributed by atoms with Crippen LogP contribution in [0.5, 0.6) is 0 Å². The van der Waals surface area contributed by atoms with Crippen LogP contribution >= 0.6 is 0 Å². The minimum Gasteiger partial charge on any atom is -0.394 e. The zero-order valence-electron chi connectivity index (χ0n) is 49.5. The van der Waals surface area contributed by atoms with Gasteiger partial charge in [0.25, 0.3) is 5.91 Å². The van der Waals surface area contributed by atoms with E-state index in [4.69, 9.17) is 28.7 Å². The molecular weight excluding hydrogens is 1130 g/mol. The number of amides is 11. The van der Waals surface area contributed by atoms with Crippen LogP contribution in [0.25, 0.3) is 11.3 Å². The summed E-state index contributed by atoms with van der Waals surface area (Å²) in [4.78, 5) is 153. The third-order valence-electron chi connectivity index (χ3n) is 13.2. The Balaban J connectivity index is 1.71. The van der Waals surface area contributed by atoms with Crippen molar-refractivity contribution in [3.05, 3.63) is 90.1 Å². The smallest absolute Gasteiger partial charge is 0.252 e. The summed E-state index contributed by atoms with van der Waals surface area (Å²) >= 11 is 0. The van der Waals surface area contributed by atoms with Crippen molar-refractivity contribution in [3.8, 4) is 11.3 Å². The molecule has 2 aromatic carbocycles. The normalized spacial score (nSPS) is 14.5. The highest BCUT2D eigenvalue weighted by molar-refractivity contribution is 6.00. The Hall–Kier alpha value is -8.52. The molecule has 0 fully saturated rings. The summed E-state index contributed by atoms with van der Waals surface area (Å²) in [5.74, 6) is -9.57. The minimum atomic E-state index is -1.65. The van der Waals surface area contributed by atoms with Crippen molar-refractivity contribution in [1.29, 1.82) is 0 Å². The Labute approximate surface area is 504 Å². The molecule has 0 bridgehead atoms. The summed E-state index contributed by atoms with van der Waals surface area (Å²) in [5, 5.41) is 47.8. The first-order valence-electron chi connectivity index (χ1n) is 28.7. The average Bonchev–Trinajstić information content (AvgIpc) is 3.17. The molecule has 3 aromatic rings. The van der Waals surface area contributed by atoms with Crippen molar-refractivity contribution < 1.29 is 63.0 Å². The van der Waals surface area contributed by atoms with E-state index in [1.54, 1.807) is 63.2 Å². The number of carbonyl (C=O) groups is 11. The van der Waals surface area contributed by atoms with E-state index < -0.39 is 145 Å². The third-order valence-corrected chi connectivity index (χ3v) is 13.2. The lowest BCUT2D eigenvalue weighted by molar-refractivity contribution is -0.136. The van der Waals surface area contributed by atoms with E-state index in [0.29, 0.717) is 11.3 Å². The van der Waals surface area contributed by atoms with Crippen LogP contribution in [0.2, 0.25) is 0 Å². The van der Waals surface area contributed by atoms with E-state index in [1.807, 2.05) is 18.2 Å². The van der Waals surface area contributed by atoms with Crippen molar-refractivity contribution in [2.24, 2.45) is 34.6 Å². The first-order chi connectivity index (χ1) is 41.5. The molecule has 30 nitrogen and oxygen atoms in total. The van der Waals surface area contributed by atoms with Gasteiger partial charge in [-0.3, -0.25) is 57.7 Å². The van der Waals surface area contributed by atoms with Crippen molar-refractivity contribution in [1.82, 2.24) is 63.5 Å². The fraction of sp³-hybridized carbons (Fsp3) is 0.509. The number of hydrogen-bond acceptors (Lipinski definition) is 19. The number of nitrogens with one attached hydrogen (secondary N) is 11. The lowest BCUT2D eigenvalue weighted by atomic mass is 10.00.